The molecule has 5 heteroatoms. The molecule has 0 aromatic heterocycles. The number of benzene rings is 1. The normalized spacial score (nSPS) is 17.4. The first-order chi connectivity index (χ1) is 9.54. The number of carbonyl (C=O) groups is 1. The third kappa shape index (κ3) is 4.42. The molecule has 0 radical (unpaired) electrons. The number of hydrogen-bond donors (Lipinski definition) is 1. The first-order valence-corrected chi connectivity index (χ1v) is 8.50. The van der Waals surface area contributed by atoms with Crippen molar-refractivity contribution in [2.75, 3.05) is 24.6 Å². The van der Waals surface area contributed by atoms with Crippen molar-refractivity contribution >= 4 is 16.7 Å². The standard InChI is InChI=1S/C15H22N2O2S/c1-12(2)16-15(18)14-5-3-4-13(10-14)11-17-6-8-20(19)9-7-17/h3-5,10,12H,6-9,11H2,1-2H3,(H,16,18). The van der Waals surface area contributed by atoms with E-state index < -0.39 is 10.8 Å². The SMILES string of the molecule is CC(C)NC(=O)c1cccc(CN2CCS(=O)CC2)c1. The minimum absolute atomic E-state index is 0.0263. The van der Waals surface area contributed by atoms with E-state index in [2.05, 4.69) is 10.2 Å². The fraction of sp³-hybridized carbons (Fsp3) is 0.533. The van der Waals surface area contributed by atoms with Crippen molar-refractivity contribution in [1.29, 1.82) is 0 Å². The monoisotopic (exact) mass is 294 g/mol. The molecule has 0 spiro atoms. The zero-order chi connectivity index (χ0) is 14.5. The first kappa shape index (κ1) is 15.2. The smallest absolute Gasteiger partial charge is 0.251 e. The highest BCUT2D eigenvalue weighted by atomic mass is 32.2. The van der Waals surface area contributed by atoms with Crippen molar-refractivity contribution in [3.63, 3.8) is 0 Å². The molecular formula is C15H22N2O2S. The average molecular weight is 294 g/mol. The quantitative estimate of drug-likeness (QED) is 0.913. The summed E-state index contributed by atoms with van der Waals surface area (Å²) in [6, 6.07) is 7.89. The van der Waals surface area contributed by atoms with E-state index in [4.69, 9.17) is 0 Å². The summed E-state index contributed by atoms with van der Waals surface area (Å²) >= 11 is 0. The predicted octanol–water partition coefficient (Wildman–Crippen LogP) is 1.39. The van der Waals surface area contributed by atoms with Gasteiger partial charge in [0.05, 0.1) is 0 Å². The second kappa shape index (κ2) is 6.99. The van der Waals surface area contributed by atoms with E-state index in [0.717, 1.165) is 36.7 Å². The zero-order valence-corrected chi connectivity index (χ0v) is 12.9. The van der Waals surface area contributed by atoms with E-state index in [1.54, 1.807) is 0 Å². The van der Waals surface area contributed by atoms with Crippen molar-refractivity contribution < 1.29 is 9.00 Å². The van der Waals surface area contributed by atoms with Gasteiger partial charge in [0.2, 0.25) is 0 Å². The maximum atomic E-state index is 12.0. The minimum atomic E-state index is -0.643. The second-order valence-corrected chi connectivity index (χ2v) is 7.15. The summed E-state index contributed by atoms with van der Waals surface area (Å²) in [4.78, 5) is 14.3. The Morgan fingerprint density at radius 1 is 1.35 bits per heavy atom. The fourth-order valence-electron chi connectivity index (χ4n) is 2.25. The highest BCUT2D eigenvalue weighted by Gasteiger charge is 2.15. The van der Waals surface area contributed by atoms with E-state index in [0.29, 0.717) is 5.56 Å². The van der Waals surface area contributed by atoms with Crippen molar-refractivity contribution in [1.82, 2.24) is 10.2 Å². The molecule has 1 saturated heterocycles. The molecule has 1 fully saturated rings. The van der Waals surface area contributed by atoms with Crippen molar-refractivity contribution in [2.24, 2.45) is 0 Å². The molecule has 0 bridgehead atoms. The summed E-state index contributed by atoms with van der Waals surface area (Å²) < 4.78 is 11.3. The molecular weight excluding hydrogens is 272 g/mol. The minimum Gasteiger partial charge on any atom is -0.350 e. The van der Waals surface area contributed by atoms with Gasteiger partial charge in [0.15, 0.2) is 0 Å². The molecule has 0 saturated carbocycles. The number of hydrogen-bond acceptors (Lipinski definition) is 3. The second-order valence-electron chi connectivity index (χ2n) is 5.45. The molecule has 1 aliphatic rings. The molecule has 1 aromatic carbocycles. The van der Waals surface area contributed by atoms with Gasteiger partial charge < -0.3 is 5.32 Å². The van der Waals surface area contributed by atoms with Gasteiger partial charge in [-0.05, 0) is 31.5 Å². The molecule has 1 aliphatic heterocycles. The van der Waals surface area contributed by atoms with Gasteiger partial charge in [0.1, 0.15) is 0 Å². The lowest BCUT2D eigenvalue weighted by molar-refractivity contribution is 0.0943. The Balaban J connectivity index is 1.99. The van der Waals surface area contributed by atoms with Gasteiger partial charge in [-0.15, -0.1) is 0 Å². The van der Waals surface area contributed by atoms with Crippen LogP contribution in [0.4, 0.5) is 0 Å². The summed E-state index contributed by atoms with van der Waals surface area (Å²) in [5.74, 6) is 1.49. The van der Waals surface area contributed by atoms with E-state index in [1.165, 1.54) is 0 Å². The van der Waals surface area contributed by atoms with Crippen LogP contribution in [0.2, 0.25) is 0 Å². The summed E-state index contributed by atoms with van der Waals surface area (Å²) in [5, 5.41) is 2.90. The number of nitrogens with one attached hydrogen (secondary N) is 1. The van der Waals surface area contributed by atoms with Gasteiger partial charge in [-0.1, -0.05) is 12.1 Å². The molecule has 2 rings (SSSR count). The van der Waals surface area contributed by atoms with Gasteiger partial charge in [-0.25, -0.2) is 0 Å². The zero-order valence-electron chi connectivity index (χ0n) is 12.1. The van der Waals surface area contributed by atoms with Crippen LogP contribution in [0, 0.1) is 0 Å². The van der Waals surface area contributed by atoms with E-state index in [1.807, 2.05) is 38.1 Å². The van der Waals surface area contributed by atoms with Crippen LogP contribution in [-0.4, -0.2) is 45.7 Å². The maximum absolute atomic E-state index is 12.0. The Bertz CT molecular complexity index is 492. The number of rotatable bonds is 4. The summed E-state index contributed by atoms with van der Waals surface area (Å²) in [7, 11) is -0.643. The molecule has 1 heterocycles. The van der Waals surface area contributed by atoms with Crippen molar-refractivity contribution in [2.45, 2.75) is 26.4 Å². The van der Waals surface area contributed by atoms with Gasteiger partial charge >= 0.3 is 0 Å². The lowest BCUT2D eigenvalue weighted by Crippen LogP contribution is -2.37. The van der Waals surface area contributed by atoms with Crippen LogP contribution in [0.15, 0.2) is 24.3 Å². The molecule has 4 nitrogen and oxygen atoms in total. The molecule has 20 heavy (non-hydrogen) atoms. The molecule has 1 aromatic rings. The maximum Gasteiger partial charge on any atom is 0.251 e. The van der Waals surface area contributed by atoms with Gasteiger partial charge in [0.25, 0.3) is 5.91 Å². The lowest BCUT2D eigenvalue weighted by atomic mass is 10.1. The highest BCUT2D eigenvalue weighted by Crippen LogP contribution is 2.11. The molecule has 1 amide bonds. The Morgan fingerprint density at radius 2 is 2.05 bits per heavy atom. The van der Waals surface area contributed by atoms with Crippen LogP contribution in [-0.2, 0) is 17.3 Å². The Hall–Kier alpha value is -1.20. The molecule has 0 aliphatic carbocycles. The highest BCUT2D eigenvalue weighted by molar-refractivity contribution is 7.85. The topological polar surface area (TPSA) is 49.4 Å². The van der Waals surface area contributed by atoms with Crippen molar-refractivity contribution in [3.8, 4) is 0 Å². The largest absolute Gasteiger partial charge is 0.350 e. The summed E-state index contributed by atoms with van der Waals surface area (Å²) in [6.07, 6.45) is 0. The number of amides is 1. The van der Waals surface area contributed by atoms with Crippen molar-refractivity contribution in [3.05, 3.63) is 35.4 Å². The Labute approximate surface area is 123 Å². The lowest BCUT2D eigenvalue weighted by Gasteiger charge is -2.26. The average Bonchev–Trinajstić information content (AvgIpc) is 2.41. The van der Waals surface area contributed by atoms with Crippen LogP contribution in [0.25, 0.3) is 0 Å². The first-order valence-electron chi connectivity index (χ1n) is 7.02. The predicted molar refractivity (Wildman–Crippen MR) is 82.2 cm³/mol. The summed E-state index contributed by atoms with van der Waals surface area (Å²) in [5.41, 5.74) is 1.84. The van der Waals surface area contributed by atoms with Crippen LogP contribution in [0.5, 0.6) is 0 Å². The van der Waals surface area contributed by atoms with E-state index in [9.17, 15) is 9.00 Å². The van der Waals surface area contributed by atoms with Crippen LogP contribution in [0.3, 0.4) is 0 Å². The Kier molecular flexibility index (Phi) is 5.31. The molecule has 0 unspecified atom stereocenters. The molecule has 0 atom stereocenters. The van der Waals surface area contributed by atoms with Crippen LogP contribution >= 0.6 is 0 Å². The third-order valence-corrected chi connectivity index (χ3v) is 4.56. The summed E-state index contributed by atoms with van der Waals surface area (Å²) in [6.45, 7) is 6.47. The molecule has 110 valence electrons. The van der Waals surface area contributed by atoms with Gasteiger partial charge in [-0.2, -0.15) is 0 Å². The number of carbonyl (C=O) groups excluding carboxylic acids is 1. The van der Waals surface area contributed by atoms with E-state index in [-0.39, 0.29) is 11.9 Å². The third-order valence-electron chi connectivity index (χ3n) is 3.29. The fourth-order valence-corrected chi connectivity index (χ4v) is 3.38. The van der Waals surface area contributed by atoms with Crippen LogP contribution < -0.4 is 5.32 Å². The van der Waals surface area contributed by atoms with Gasteiger partial charge in [0, 0.05) is 53.5 Å². The van der Waals surface area contributed by atoms with Crippen LogP contribution in [0.1, 0.15) is 29.8 Å². The van der Waals surface area contributed by atoms with Gasteiger partial charge in [-0.3, -0.25) is 13.9 Å². The number of nitrogens with zero attached hydrogens (tertiary/aromatic N) is 1. The molecule has 1 N–H and O–H groups in total. The Morgan fingerprint density at radius 3 is 2.70 bits per heavy atom. The van der Waals surface area contributed by atoms with E-state index >= 15 is 0 Å².